The molecule has 0 aliphatic carbocycles. The van der Waals surface area contributed by atoms with Crippen molar-refractivity contribution in [2.45, 2.75) is 31.4 Å². The second-order valence-corrected chi connectivity index (χ2v) is 10.3. The molecule has 6 nitrogen and oxygen atoms in total. The van der Waals surface area contributed by atoms with Gasteiger partial charge in [-0.05, 0) is 63.1 Å². The minimum Gasteiger partial charge on any atom is -0.482 e. The van der Waals surface area contributed by atoms with E-state index in [0.29, 0.717) is 12.0 Å². The van der Waals surface area contributed by atoms with Crippen molar-refractivity contribution in [3.8, 4) is 28.3 Å². The number of hydrogen-bond acceptors (Lipinski definition) is 7. The van der Waals surface area contributed by atoms with Crippen LogP contribution in [-0.2, 0) is 5.60 Å². The maximum absolute atomic E-state index is 6.67. The number of thiophene rings is 1. The highest BCUT2D eigenvalue weighted by Crippen LogP contribution is 2.35. The van der Waals surface area contributed by atoms with E-state index in [1.54, 1.807) is 11.3 Å². The summed E-state index contributed by atoms with van der Waals surface area (Å²) in [7, 11) is 1.97. The molecule has 0 spiro atoms. The Morgan fingerprint density at radius 3 is 2.53 bits per heavy atom. The van der Waals surface area contributed by atoms with Crippen LogP contribution in [0.4, 0.5) is 5.95 Å². The summed E-state index contributed by atoms with van der Waals surface area (Å²) < 4.78 is 6.67. The van der Waals surface area contributed by atoms with Gasteiger partial charge in [0.05, 0.1) is 11.4 Å². The van der Waals surface area contributed by atoms with Crippen molar-refractivity contribution in [2.24, 2.45) is 0 Å². The lowest BCUT2D eigenvalue weighted by Crippen LogP contribution is -2.32. The molecule has 0 unspecified atom stereocenters. The maximum atomic E-state index is 6.67. The van der Waals surface area contributed by atoms with Crippen LogP contribution in [0.25, 0.3) is 22.5 Å². The second kappa shape index (κ2) is 11.2. The molecule has 7 heteroatoms. The van der Waals surface area contributed by atoms with Crippen molar-refractivity contribution in [1.82, 2.24) is 20.6 Å². The highest BCUT2D eigenvalue weighted by molar-refractivity contribution is 7.10. The van der Waals surface area contributed by atoms with Gasteiger partial charge in [-0.2, -0.15) is 0 Å². The molecule has 36 heavy (non-hydrogen) atoms. The smallest absolute Gasteiger partial charge is 0.224 e. The molecule has 3 heterocycles. The first-order valence-electron chi connectivity index (χ1n) is 12.5. The van der Waals surface area contributed by atoms with E-state index in [9.17, 15) is 0 Å². The number of ether oxygens (including phenoxy) is 1. The fraction of sp³-hybridized carbons (Fsp3) is 0.310. The number of nitrogens with one attached hydrogen (secondary N) is 3. The van der Waals surface area contributed by atoms with Gasteiger partial charge in [-0.15, -0.1) is 11.3 Å². The molecule has 1 aliphatic heterocycles. The molecule has 0 saturated carbocycles. The minimum absolute atomic E-state index is 0.331. The van der Waals surface area contributed by atoms with Gasteiger partial charge >= 0.3 is 0 Å². The van der Waals surface area contributed by atoms with Gasteiger partial charge < -0.3 is 20.7 Å². The van der Waals surface area contributed by atoms with Crippen molar-refractivity contribution in [3.05, 3.63) is 83.1 Å². The lowest BCUT2D eigenvalue weighted by atomic mass is 9.99. The van der Waals surface area contributed by atoms with E-state index in [0.717, 1.165) is 60.7 Å². The Hall–Kier alpha value is -3.26. The quantitative estimate of drug-likeness (QED) is 0.266. The van der Waals surface area contributed by atoms with Crippen LogP contribution in [0.1, 0.15) is 24.6 Å². The van der Waals surface area contributed by atoms with Crippen LogP contribution < -0.4 is 20.7 Å². The highest BCUT2D eigenvalue weighted by Gasteiger charge is 2.30. The standard InChI is InChI=1S/C29H33N5OS/c1-29(14-16-30-2,27-12-7-17-36-27)35-24-11-6-10-22(18-24)26-19-25(21-8-4-3-5-9-21)33-28(34-26)32-23-13-15-31-20-23/h3-12,17-19,23,30-31H,13-16,20H2,1-2H3,(H,32,33,34)/t23-,29-/m0/s1. The molecule has 5 rings (SSSR count). The van der Waals surface area contributed by atoms with Crippen LogP contribution >= 0.6 is 11.3 Å². The summed E-state index contributed by atoms with van der Waals surface area (Å²) in [5.74, 6) is 1.48. The molecular formula is C29H33N5OS. The van der Waals surface area contributed by atoms with E-state index >= 15 is 0 Å². The van der Waals surface area contributed by atoms with Crippen molar-refractivity contribution < 1.29 is 4.74 Å². The maximum Gasteiger partial charge on any atom is 0.224 e. The lowest BCUT2D eigenvalue weighted by molar-refractivity contribution is 0.0815. The molecule has 2 aromatic heterocycles. The summed E-state index contributed by atoms with van der Waals surface area (Å²) in [5.41, 5.74) is 3.42. The normalized spacial score (nSPS) is 17.0. The topological polar surface area (TPSA) is 71.1 Å². The third kappa shape index (κ3) is 5.75. The molecule has 2 atom stereocenters. The van der Waals surface area contributed by atoms with E-state index < -0.39 is 5.60 Å². The van der Waals surface area contributed by atoms with E-state index in [1.807, 2.05) is 37.4 Å². The molecule has 4 aromatic rings. The van der Waals surface area contributed by atoms with E-state index in [4.69, 9.17) is 14.7 Å². The van der Waals surface area contributed by atoms with Crippen molar-refractivity contribution in [2.75, 3.05) is 32.0 Å². The van der Waals surface area contributed by atoms with Gasteiger partial charge in [0, 0.05) is 35.0 Å². The summed E-state index contributed by atoms with van der Waals surface area (Å²) in [6, 6.07) is 25.1. The fourth-order valence-corrected chi connectivity index (χ4v) is 5.38. The van der Waals surface area contributed by atoms with Crippen LogP contribution in [0.15, 0.2) is 78.2 Å². The van der Waals surface area contributed by atoms with Gasteiger partial charge in [0.25, 0.3) is 0 Å². The SMILES string of the molecule is CNCC[C@](C)(Oc1cccc(-c2cc(-c3ccccc3)nc(N[C@H]3CCNC3)n2)c1)c1cccs1. The summed E-state index contributed by atoms with van der Waals surface area (Å²) in [4.78, 5) is 11.0. The van der Waals surface area contributed by atoms with Crippen molar-refractivity contribution >= 4 is 17.3 Å². The second-order valence-electron chi connectivity index (χ2n) is 9.35. The van der Waals surface area contributed by atoms with Gasteiger partial charge in [-0.3, -0.25) is 0 Å². The Kier molecular flexibility index (Phi) is 7.60. The van der Waals surface area contributed by atoms with Crippen LogP contribution in [0.5, 0.6) is 5.75 Å². The Labute approximate surface area is 217 Å². The summed E-state index contributed by atoms with van der Waals surface area (Å²) in [5, 5.41) is 12.3. The van der Waals surface area contributed by atoms with Crippen molar-refractivity contribution in [1.29, 1.82) is 0 Å². The number of aromatic nitrogens is 2. The van der Waals surface area contributed by atoms with E-state index in [2.05, 4.69) is 70.7 Å². The first-order valence-corrected chi connectivity index (χ1v) is 13.4. The van der Waals surface area contributed by atoms with E-state index in [-0.39, 0.29) is 0 Å². The summed E-state index contributed by atoms with van der Waals surface area (Å²) in [6.45, 7) is 4.97. The average Bonchev–Trinajstić information content (AvgIpc) is 3.63. The molecule has 186 valence electrons. The average molecular weight is 500 g/mol. The Balaban J connectivity index is 1.48. The number of hydrogen-bond donors (Lipinski definition) is 3. The molecular weight excluding hydrogens is 466 g/mol. The molecule has 1 saturated heterocycles. The summed E-state index contributed by atoms with van der Waals surface area (Å²) >= 11 is 1.73. The zero-order chi connectivity index (χ0) is 24.8. The van der Waals surface area contributed by atoms with Crippen molar-refractivity contribution in [3.63, 3.8) is 0 Å². The third-order valence-corrected chi connectivity index (χ3v) is 7.67. The predicted octanol–water partition coefficient (Wildman–Crippen LogP) is 5.55. The number of rotatable bonds is 10. The zero-order valence-corrected chi connectivity index (χ0v) is 21.6. The number of anilines is 1. The fourth-order valence-electron chi connectivity index (χ4n) is 4.52. The van der Waals surface area contributed by atoms with E-state index in [1.165, 1.54) is 4.88 Å². The monoisotopic (exact) mass is 499 g/mol. The number of nitrogens with zero attached hydrogens (tertiary/aromatic N) is 2. The molecule has 0 radical (unpaired) electrons. The van der Waals surface area contributed by atoms with Gasteiger partial charge in [0.1, 0.15) is 11.4 Å². The van der Waals surface area contributed by atoms with Gasteiger partial charge in [0.2, 0.25) is 5.95 Å². The van der Waals surface area contributed by atoms with Crippen LogP contribution in [0.3, 0.4) is 0 Å². The van der Waals surface area contributed by atoms with Crippen LogP contribution in [-0.4, -0.2) is 42.7 Å². The number of benzene rings is 2. The van der Waals surface area contributed by atoms with Crippen LogP contribution in [0, 0.1) is 0 Å². The molecule has 3 N–H and O–H groups in total. The Morgan fingerprint density at radius 2 is 1.81 bits per heavy atom. The summed E-state index contributed by atoms with van der Waals surface area (Å²) in [6.07, 6.45) is 1.93. The molecule has 0 amide bonds. The Bertz CT molecular complexity index is 1260. The molecule has 0 bridgehead atoms. The highest BCUT2D eigenvalue weighted by atomic mass is 32.1. The predicted molar refractivity (Wildman–Crippen MR) is 149 cm³/mol. The Morgan fingerprint density at radius 1 is 1.00 bits per heavy atom. The minimum atomic E-state index is -0.418. The van der Waals surface area contributed by atoms with Gasteiger partial charge in [-0.1, -0.05) is 48.5 Å². The van der Waals surface area contributed by atoms with Gasteiger partial charge in [-0.25, -0.2) is 9.97 Å². The third-order valence-electron chi connectivity index (χ3n) is 6.56. The lowest BCUT2D eigenvalue weighted by Gasteiger charge is -2.30. The molecule has 2 aromatic carbocycles. The van der Waals surface area contributed by atoms with Gasteiger partial charge in [0.15, 0.2) is 0 Å². The first-order chi connectivity index (χ1) is 17.6. The largest absolute Gasteiger partial charge is 0.482 e. The zero-order valence-electron chi connectivity index (χ0n) is 20.8. The molecule has 1 fully saturated rings. The van der Waals surface area contributed by atoms with Crippen LogP contribution in [0.2, 0.25) is 0 Å². The first kappa shape index (κ1) is 24.4. The molecule has 1 aliphatic rings.